The molecule has 0 saturated heterocycles. The van der Waals surface area contributed by atoms with Crippen LogP contribution in [0.4, 0.5) is 5.69 Å². The summed E-state index contributed by atoms with van der Waals surface area (Å²) < 4.78 is 2.00. The lowest BCUT2D eigenvalue weighted by molar-refractivity contribution is 0.0828. The highest BCUT2D eigenvalue weighted by Gasteiger charge is 2.13. The van der Waals surface area contributed by atoms with Crippen LogP contribution in [0.5, 0.6) is 0 Å². The molecular weight excluding hydrogens is 274 g/mol. The highest BCUT2D eigenvalue weighted by Crippen LogP contribution is 2.22. The SMILES string of the molecule is CN(C)C(=O)c1cc(NCc2ccn(C)c2)ccc1Cl. The summed E-state index contributed by atoms with van der Waals surface area (Å²) in [5, 5.41) is 3.76. The summed E-state index contributed by atoms with van der Waals surface area (Å²) in [4.78, 5) is 13.5. The first-order valence-corrected chi connectivity index (χ1v) is 6.71. The van der Waals surface area contributed by atoms with Crippen LogP contribution in [0, 0.1) is 0 Å². The van der Waals surface area contributed by atoms with Crippen molar-refractivity contribution in [3.05, 3.63) is 52.8 Å². The Labute approximate surface area is 124 Å². The molecule has 1 aromatic carbocycles. The van der Waals surface area contributed by atoms with Gasteiger partial charge in [0.05, 0.1) is 10.6 Å². The number of hydrogen-bond donors (Lipinski definition) is 1. The summed E-state index contributed by atoms with van der Waals surface area (Å²) in [6.07, 6.45) is 4.05. The highest BCUT2D eigenvalue weighted by molar-refractivity contribution is 6.34. The Balaban J connectivity index is 2.13. The summed E-state index contributed by atoms with van der Waals surface area (Å²) in [5.74, 6) is -0.0987. The lowest BCUT2D eigenvalue weighted by Gasteiger charge is -2.13. The highest BCUT2D eigenvalue weighted by atomic mass is 35.5. The molecule has 1 heterocycles. The number of anilines is 1. The summed E-state index contributed by atoms with van der Waals surface area (Å²) in [6.45, 7) is 0.706. The molecule has 0 unspecified atom stereocenters. The average Bonchev–Trinajstić information content (AvgIpc) is 2.82. The number of amides is 1. The molecule has 2 rings (SSSR count). The monoisotopic (exact) mass is 291 g/mol. The molecule has 1 amide bonds. The molecule has 0 atom stereocenters. The van der Waals surface area contributed by atoms with Crippen LogP contribution >= 0.6 is 11.6 Å². The van der Waals surface area contributed by atoms with Gasteiger partial charge in [0.25, 0.3) is 5.91 Å². The van der Waals surface area contributed by atoms with E-state index < -0.39 is 0 Å². The summed E-state index contributed by atoms with van der Waals surface area (Å²) in [6, 6.07) is 7.45. The van der Waals surface area contributed by atoms with Gasteiger partial charge in [-0.3, -0.25) is 4.79 Å². The van der Waals surface area contributed by atoms with Gasteiger partial charge in [-0.25, -0.2) is 0 Å². The normalized spacial score (nSPS) is 10.4. The molecule has 2 aromatic rings. The maximum atomic E-state index is 12.0. The molecular formula is C15H18ClN3O. The summed E-state index contributed by atoms with van der Waals surface area (Å²) in [7, 11) is 5.41. The minimum Gasteiger partial charge on any atom is -0.381 e. The number of nitrogens with one attached hydrogen (secondary N) is 1. The van der Waals surface area contributed by atoms with Crippen molar-refractivity contribution in [3.8, 4) is 0 Å². The van der Waals surface area contributed by atoms with Crippen LogP contribution in [0.1, 0.15) is 15.9 Å². The number of rotatable bonds is 4. The number of carbonyl (C=O) groups excluding carboxylic acids is 1. The zero-order chi connectivity index (χ0) is 14.7. The van der Waals surface area contributed by atoms with E-state index in [-0.39, 0.29) is 5.91 Å². The van der Waals surface area contributed by atoms with Crippen molar-refractivity contribution in [2.75, 3.05) is 19.4 Å². The number of benzene rings is 1. The lowest BCUT2D eigenvalue weighted by atomic mass is 10.1. The smallest absolute Gasteiger partial charge is 0.254 e. The third-order valence-corrected chi connectivity index (χ3v) is 3.32. The standard InChI is InChI=1S/C15H18ClN3O/c1-18(2)15(20)13-8-12(4-5-14(13)16)17-9-11-6-7-19(3)10-11/h4-8,10,17H,9H2,1-3H3. The maximum Gasteiger partial charge on any atom is 0.254 e. The fourth-order valence-corrected chi connectivity index (χ4v) is 2.11. The van der Waals surface area contributed by atoms with E-state index in [1.54, 1.807) is 26.2 Å². The Kier molecular flexibility index (Phi) is 4.35. The van der Waals surface area contributed by atoms with Crippen LogP contribution in [0.2, 0.25) is 5.02 Å². The molecule has 1 N–H and O–H groups in total. The van der Waals surface area contributed by atoms with Crippen molar-refractivity contribution in [1.82, 2.24) is 9.47 Å². The van der Waals surface area contributed by atoms with Gasteiger partial charge in [-0.2, -0.15) is 0 Å². The van der Waals surface area contributed by atoms with Gasteiger partial charge in [0.2, 0.25) is 0 Å². The minimum absolute atomic E-state index is 0.0987. The molecule has 4 nitrogen and oxygen atoms in total. The first-order chi connectivity index (χ1) is 9.47. The van der Waals surface area contributed by atoms with Crippen LogP contribution in [-0.4, -0.2) is 29.5 Å². The van der Waals surface area contributed by atoms with Crippen LogP contribution < -0.4 is 5.32 Å². The third-order valence-electron chi connectivity index (χ3n) is 2.99. The third kappa shape index (κ3) is 3.33. The molecule has 1 aromatic heterocycles. The quantitative estimate of drug-likeness (QED) is 0.940. The Bertz CT molecular complexity index is 619. The number of aryl methyl sites for hydroxylation is 1. The van der Waals surface area contributed by atoms with E-state index in [9.17, 15) is 4.79 Å². The van der Waals surface area contributed by atoms with E-state index in [1.807, 2.05) is 23.9 Å². The van der Waals surface area contributed by atoms with Crippen molar-refractivity contribution in [2.45, 2.75) is 6.54 Å². The minimum atomic E-state index is -0.0987. The number of carbonyl (C=O) groups is 1. The van der Waals surface area contributed by atoms with Crippen molar-refractivity contribution in [2.24, 2.45) is 7.05 Å². The molecule has 106 valence electrons. The van der Waals surface area contributed by atoms with Crippen molar-refractivity contribution >= 4 is 23.2 Å². The van der Waals surface area contributed by atoms with Crippen molar-refractivity contribution < 1.29 is 4.79 Å². The molecule has 5 heteroatoms. The van der Waals surface area contributed by atoms with Crippen molar-refractivity contribution in [3.63, 3.8) is 0 Å². The molecule has 0 aliphatic carbocycles. The average molecular weight is 292 g/mol. The van der Waals surface area contributed by atoms with Crippen molar-refractivity contribution in [1.29, 1.82) is 0 Å². The second-order valence-electron chi connectivity index (χ2n) is 4.93. The number of nitrogens with zero attached hydrogens (tertiary/aromatic N) is 2. The number of halogens is 1. The van der Waals surface area contributed by atoms with Crippen LogP contribution in [0.25, 0.3) is 0 Å². The van der Waals surface area contributed by atoms with Gasteiger partial charge in [0, 0.05) is 45.8 Å². The molecule has 0 radical (unpaired) electrons. The van der Waals surface area contributed by atoms with E-state index in [4.69, 9.17) is 11.6 Å². The second kappa shape index (κ2) is 6.01. The van der Waals surface area contributed by atoms with Crippen LogP contribution in [0.15, 0.2) is 36.7 Å². The Morgan fingerprint density at radius 1 is 1.35 bits per heavy atom. The van der Waals surface area contributed by atoms with E-state index >= 15 is 0 Å². The Morgan fingerprint density at radius 3 is 2.70 bits per heavy atom. The maximum absolute atomic E-state index is 12.0. The molecule has 0 fully saturated rings. The first kappa shape index (κ1) is 14.5. The number of hydrogen-bond acceptors (Lipinski definition) is 2. The van der Waals surface area contributed by atoms with Crippen LogP contribution in [-0.2, 0) is 13.6 Å². The van der Waals surface area contributed by atoms with Gasteiger partial charge >= 0.3 is 0 Å². The van der Waals surface area contributed by atoms with E-state index in [0.717, 1.165) is 5.69 Å². The lowest BCUT2D eigenvalue weighted by Crippen LogP contribution is -2.22. The Morgan fingerprint density at radius 2 is 2.10 bits per heavy atom. The van der Waals surface area contributed by atoms with Gasteiger partial charge in [-0.05, 0) is 29.8 Å². The molecule has 0 aliphatic heterocycles. The molecule has 0 aliphatic rings. The van der Waals surface area contributed by atoms with E-state index in [0.29, 0.717) is 17.1 Å². The zero-order valence-electron chi connectivity index (χ0n) is 11.9. The predicted octanol–water partition coefficient (Wildman–Crippen LogP) is 2.99. The Hall–Kier alpha value is -1.94. The molecule has 0 bridgehead atoms. The molecule has 20 heavy (non-hydrogen) atoms. The fourth-order valence-electron chi connectivity index (χ4n) is 1.91. The zero-order valence-corrected chi connectivity index (χ0v) is 12.6. The second-order valence-corrected chi connectivity index (χ2v) is 5.34. The largest absolute Gasteiger partial charge is 0.381 e. The van der Waals surface area contributed by atoms with Gasteiger partial charge < -0.3 is 14.8 Å². The predicted molar refractivity (Wildman–Crippen MR) is 82.2 cm³/mol. The van der Waals surface area contributed by atoms with Gasteiger partial charge in [0.15, 0.2) is 0 Å². The molecule has 0 spiro atoms. The molecule has 0 saturated carbocycles. The van der Waals surface area contributed by atoms with Gasteiger partial charge in [-0.15, -0.1) is 0 Å². The van der Waals surface area contributed by atoms with E-state index in [2.05, 4.69) is 17.6 Å². The number of aromatic nitrogens is 1. The van der Waals surface area contributed by atoms with Gasteiger partial charge in [-0.1, -0.05) is 11.6 Å². The van der Waals surface area contributed by atoms with Gasteiger partial charge in [0.1, 0.15) is 0 Å². The fraction of sp³-hybridized carbons (Fsp3) is 0.267. The first-order valence-electron chi connectivity index (χ1n) is 6.33. The summed E-state index contributed by atoms with van der Waals surface area (Å²) >= 11 is 6.08. The van der Waals surface area contributed by atoms with Crippen LogP contribution in [0.3, 0.4) is 0 Å². The topological polar surface area (TPSA) is 37.3 Å². The summed E-state index contributed by atoms with van der Waals surface area (Å²) in [5.41, 5.74) is 2.57. The van der Waals surface area contributed by atoms with E-state index in [1.165, 1.54) is 10.5 Å².